The van der Waals surface area contributed by atoms with Gasteiger partial charge in [0.1, 0.15) is 11.9 Å². The van der Waals surface area contributed by atoms with Gasteiger partial charge in [-0.25, -0.2) is 0 Å². The molecule has 0 aliphatic heterocycles. The molecule has 0 saturated heterocycles. The van der Waals surface area contributed by atoms with E-state index in [0.29, 0.717) is 5.02 Å². The summed E-state index contributed by atoms with van der Waals surface area (Å²) in [5.74, 6) is 0.723. The molecule has 1 aliphatic rings. The largest absolute Gasteiger partial charge is 0.490 e. The van der Waals surface area contributed by atoms with Gasteiger partial charge in [-0.05, 0) is 44.4 Å². The molecule has 0 aromatic heterocycles. The third-order valence-electron chi connectivity index (χ3n) is 3.63. The molecule has 4 heteroatoms. The lowest BCUT2D eigenvalue weighted by Gasteiger charge is -2.29. The summed E-state index contributed by atoms with van der Waals surface area (Å²) in [5, 5.41) is 10.4. The van der Waals surface area contributed by atoms with Crippen LogP contribution < -0.4 is 4.74 Å². The van der Waals surface area contributed by atoms with Crippen molar-refractivity contribution >= 4 is 11.6 Å². The summed E-state index contributed by atoms with van der Waals surface area (Å²) in [6, 6.07) is 5.39. The van der Waals surface area contributed by atoms with Crippen molar-refractivity contribution in [2.75, 3.05) is 7.11 Å². The second kappa shape index (κ2) is 6.60. The highest BCUT2D eigenvalue weighted by molar-refractivity contribution is 6.30. The second-order valence-corrected chi connectivity index (χ2v) is 5.56. The zero-order valence-electron chi connectivity index (χ0n) is 11.4. The van der Waals surface area contributed by atoms with Crippen molar-refractivity contribution in [1.82, 2.24) is 0 Å². The number of benzene rings is 1. The van der Waals surface area contributed by atoms with E-state index in [9.17, 15) is 5.11 Å². The number of rotatable bonds is 4. The molecule has 0 heterocycles. The first-order valence-electron chi connectivity index (χ1n) is 6.77. The average molecular weight is 285 g/mol. The maximum Gasteiger partial charge on any atom is 0.125 e. The fraction of sp³-hybridized carbons (Fsp3) is 0.600. The number of halogens is 1. The van der Waals surface area contributed by atoms with Gasteiger partial charge < -0.3 is 14.6 Å². The number of aliphatic hydroxyl groups excluding tert-OH is 1. The third kappa shape index (κ3) is 3.85. The summed E-state index contributed by atoms with van der Waals surface area (Å²) in [7, 11) is 1.75. The Morgan fingerprint density at radius 2 is 2.05 bits per heavy atom. The molecule has 1 N–H and O–H groups in total. The molecule has 1 aliphatic carbocycles. The molecule has 1 aromatic carbocycles. The Labute approximate surface area is 119 Å². The van der Waals surface area contributed by atoms with E-state index < -0.39 is 6.10 Å². The van der Waals surface area contributed by atoms with Crippen LogP contribution in [0.2, 0.25) is 5.02 Å². The van der Waals surface area contributed by atoms with Crippen molar-refractivity contribution < 1.29 is 14.6 Å². The Bertz CT molecular complexity index is 420. The first-order chi connectivity index (χ1) is 9.10. The van der Waals surface area contributed by atoms with Crippen LogP contribution in [0.1, 0.15) is 44.3 Å². The van der Waals surface area contributed by atoms with Gasteiger partial charge >= 0.3 is 0 Å². The van der Waals surface area contributed by atoms with Crippen molar-refractivity contribution in [3.63, 3.8) is 0 Å². The summed E-state index contributed by atoms with van der Waals surface area (Å²) < 4.78 is 11.4. The van der Waals surface area contributed by atoms with Crippen molar-refractivity contribution in [3.05, 3.63) is 28.8 Å². The molecule has 1 saturated carbocycles. The maximum atomic E-state index is 9.79. The van der Waals surface area contributed by atoms with Gasteiger partial charge in [0, 0.05) is 24.1 Å². The fourth-order valence-electron chi connectivity index (χ4n) is 2.56. The van der Waals surface area contributed by atoms with Crippen LogP contribution in [-0.2, 0) is 4.74 Å². The molecule has 0 bridgehead atoms. The van der Waals surface area contributed by atoms with E-state index >= 15 is 0 Å². The molecule has 0 radical (unpaired) electrons. The number of ether oxygens (including phenoxy) is 2. The minimum absolute atomic E-state index is 0.150. The van der Waals surface area contributed by atoms with Crippen molar-refractivity contribution in [3.8, 4) is 5.75 Å². The Hall–Kier alpha value is -0.770. The molecular weight excluding hydrogens is 264 g/mol. The van der Waals surface area contributed by atoms with Crippen LogP contribution in [0, 0.1) is 0 Å². The van der Waals surface area contributed by atoms with Crippen LogP contribution in [0.25, 0.3) is 0 Å². The maximum absolute atomic E-state index is 9.79. The lowest BCUT2D eigenvalue weighted by molar-refractivity contribution is 0.0199. The average Bonchev–Trinajstić information content (AvgIpc) is 2.41. The lowest BCUT2D eigenvalue weighted by Crippen LogP contribution is -2.29. The number of methoxy groups -OCH3 is 1. The molecule has 106 valence electrons. The minimum atomic E-state index is -0.587. The second-order valence-electron chi connectivity index (χ2n) is 5.12. The van der Waals surface area contributed by atoms with Crippen molar-refractivity contribution in [2.24, 2.45) is 0 Å². The van der Waals surface area contributed by atoms with Crippen molar-refractivity contribution in [2.45, 2.75) is 50.9 Å². The Morgan fingerprint density at radius 3 is 2.74 bits per heavy atom. The van der Waals surface area contributed by atoms with Gasteiger partial charge in [-0.2, -0.15) is 0 Å². The van der Waals surface area contributed by atoms with E-state index in [4.69, 9.17) is 21.1 Å². The number of hydrogen-bond acceptors (Lipinski definition) is 3. The molecule has 3 nitrogen and oxygen atoms in total. The monoisotopic (exact) mass is 284 g/mol. The van der Waals surface area contributed by atoms with Gasteiger partial charge in [0.05, 0.1) is 12.2 Å². The smallest absolute Gasteiger partial charge is 0.125 e. The quantitative estimate of drug-likeness (QED) is 0.915. The van der Waals surface area contributed by atoms with Gasteiger partial charge in [-0.3, -0.25) is 0 Å². The zero-order chi connectivity index (χ0) is 13.8. The van der Waals surface area contributed by atoms with Gasteiger partial charge in [0.2, 0.25) is 0 Å². The minimum Gasteiger partial charge on any atom is -0.490 e. The van der Waals surface area contributed by atoms with E-state index in [1.54, 1.807) is 26.2 Å². The van der Waals surface area contributed by atoms with Crippen LogP contribution >= 0.6 is 11.6 Å². The van der Waals surface area contributed by atoms with Crippen LogP contribution in [0.3, 0.4) is 0 Å². The van der Waals surface area contributed by atoms with Gasteiger partial charge in [0.25, 0.3) is 0 Å². The van der Waals surface area contributed by atoms with Gasteiger partial charge in [-0.1, -0.05) is 11.6 Å². The van der Waals surface area contributed by atoms with Crippen LogP contribution in [-0.4, -0.2) is 24.4 Å². The molecule has 3 unspecified atom stereocenters. The van der Waals surface area contributed by atoms with Gasteiger partial charge in [-0.15, -0.1) is 0 Å². The normalized spacial score (nSPS) is 25.1. The molecule has 0 amide bonds. The highest BCUT2D eigenvalue weighted by atomic mass is 35.5. The highest BCUT2D eigenvalue weighted by Gasteiger charge is 2.24. The summed E-state index contributed by atoms with van der Waals surface area (Å²) >= 11 is 5.96. The van der Waals surface area contributed by atoms with Gasteiger partial charge in [0.15, 0.2) is 0 Å². The van der Waals surface area contributed by atoms with E-state index in [1.807, 2.05) is 6.07 Å². The topological polar surface area (TPSA) is 38.7 Å². The molecule has 19 heavy (non-hydrogen) atoms. The Balaban J connectivity index is 2.10. The van der Waals surface area contributed by atoms with E-state index in [-0.39, 0.29) is 12.2 Å². The Morgan fingerprint density at radius 1 is 1.32 bits per heavy atom. The number of hydrogen-bond donors (Lipinski definition) is 1. The zero-order valence-corrected chi connectivity index (χ0v) is 12.2. The molecule has 2 rings (SSSR count). The van der Waals surface area contributed by atoms with E-state index in [2.05, 4.69) is 0 Å². The SMILES string of the molecule is COC1CCCC(Oc2ccc(Cl)cc2C(C)O)C1. The summed E-state index contributed by atoms with van der Waals surface area (Å²) in [5.41, 5.74) is 0.743. The van der Waals surface area contributed by atoms with Crippen molar-refractivity contribution in [1.29, 1.82) is 0 Å². The molecule has 3 atom stereocenters. The fourth-order valence-corrected chi connectivity index (χ4v) is 2.74. The third-order valence-corrected chi connectivity index (χ3v) is 3.86. The van der Waals surface area contributed by atoms with E-state index in [0.717, 1.165) is 37.0 Å². The van der Waals surface area contributed by atoms with Crippen LogP contribution in [0.5, 0.6) is 5.75 Å². The number of aliphatic hydroxyl groups is 1. The summed E-state index contributed by atoms with van der Waals surface area (Å²) in [4.78, 5) is 0. The first-order valence-corrected chi connectivity index (χ1v) is 7.15. The van der Waals surface area contributed by atoms with Crippen LogP contribution in [0.4, 0.5) is 0 Å². The standard InChI is InChI=1S/C15H21ClO3/c1-10(17)14-8-11(16)6-7-15(14)19-13-5-3-4-12(9-13)18-2/h6-8,10,12-13,17H,3-5,9H2,1-2H3. The van der Waals surface area contributed by atoms with E-state index in [1.165, 1.54) is 0 Å². The molecule has 1 aromatic rings. The summed E-state index contributed by atoms with van der Waals surface area (Å²) in [6.45, 7) is 1.72. The molecule has 1 fully saturated rings. The highest BCUT2D eigenvalue weighted by Crippen LogP contribution is 2.32. The van der Waals surface area contributed by atoms with Crippen LogP contribution in [0.15, 0.2) is 18.2 Å². The molecular formula is C15H21ClO3. The summed E-state index contributed by atoms with van der Waals surface area (Å²) in [6.07, 6.45) is 3.98. The predicted octanol–water partition coefficient (Wildman–Crippen LogP) is 3.73. The molecule has 0 spiro atoms. The predicted molar refractivity (Wildman–Crippen MR) is 75.8 cm³/mol. The lowest BCUT2D eigenvalue weighted by atomic mass is 9.94. The first kappa shape index (κ1) is 14.6. The Kier molecular flexibility index (Phi) is 5.08.